The summed E-state index contributed by atoms with van der Waals surface area (Å²) in [6.45, 7) is -0.115. The molecule has 0 spiro atoms. The molecule has 0 unspecified atom stereocenters. The van der Waals surface area contributed by atoms with E-state index in [2.05, 4.69) is 31.9 Å². The quantitative estimate of drug-likeness (QED) is 0.773. The lowest BCUT2D eigenvalue weighted by Gasteiger charge is -2.12. The van der Waals surface area contributed by atoms with Crippen LogP contribution in [0.2, 0.25) is 0 Å². The molecule has 2 rings (SSSR count). The second-order valence-corrected chi connectivity index (χ2v) is 5.81. The minimum Gasteiger partial charge on any atom is -0.486 e. The molecule has 0 fully saturated rings. The van der Waals surface area contributed by atoms with Crippen molar-refractivity contribution in [2.75, 3.05) is 0 Å². The molecule has 0 saturated carbocycles. The van der Waals surface area contributed by atoms with Crippen molar-refractivity contribution in [1.82, 2.24) is 0 Å². The van der Waals surface area contributed by atoms with Crippen LogP contribution in [0.5, 0.6) is 5.75 Å². The third kappa shape index (κ3) is 3.79. The van der Waals surface area contributed by atoms with Crippen LogP contribution in [0.25, 0.3) is 0 Å². The molecule has 0 aliphatic rings. The lowest BCUT2D eigenvalue weighted by molar-refractivity contribution is 0.0696. The highest BCUT2D eigenvalue weighted by Gasteiger charge is 2.14. The molecule has 7 heteroatoms. The smallest absolute Gasteiger partial charge is 0.335 e. The summed E-state index contributed by atoms with van der Waals surface area (Å²) < 4.78 is 32.6. The highest BCUT2D eigenvalue weighted by atomic mass is 79.9. The molecule has 0 amide bonds. The molecule has 0 radical (unpaired) electrons. The van der Waals surface area contributed by atoms with Gasteiger partial charge in [-0.25, -0.2) is 13.6 Å². The molecule has 0 saturated heterocycles. The highest BCUT2D eigenvalue weighted by Crippen LogP contribution is 2.35. The van der Waals surface area contributed by atoms with E-state index in [1.807, 2.05) is 0 Å². The minimum atomic E-state index is -1.08. The number of carboxylic acid groups (broad SMARTS) is 1. The minimum absolute atomic E-state index is 0.0778. The van der Waals surface area contributed by atoms with Crippen molar-refractivity contribution in [3.63, 3.8) is 0 Å². The number of hydrogen-bond donors (Lipinski definition) is 1. The molecule has 0 atom stereocenters. The fourth-order valence-corrected chi connectivity index (χ4v) is 3.03. The van der Waals surface area contributed by atoms with Gasteiger partial charge in [-0.3, -0.25) is 0 Å². The number of benzene rings is 2. The Kier molecular flexibility index (Phi) is 4.95. The molecule has 110 valence electrons. The third-order valence-electron chi connectivity index (χ3n) is 2.63. The van der Waals surface area contributed by atoms with Crippen molar-refractivity contribution in [3.05, 3.63) is 62.0 Å². The molecule has 0 aliphatic carbocycles. The van der Waals surface area contributed by atoms with Gasteiger partial charge in [-0.15, -0.1) is 0 Å². The van der Waals surface area contributed by atoms with E-state index in [4.69, 9.17) is 9.84 Å². The number of hydrogen-bond acceptors (Lipinski definition) is 2. The normalized spacial score (nSPS) is 10.5. The molecule has 0 bridgehead atoms. The van der Waals surface area contributed by atoms with Crippen molar-refractivity contribution in [1.29, 1.82) is 0 Å². The van der Waals surface area contributed by atoms with Crippen molar-refractivity contribution < 1.29 is 23.4 Å². The molecule has 2 aromatic rings. The van der Waals surface area contributed by atoms with E-state index >= 15 is 0 Å². The molecule has 1 N–H and O–H groups in total. The molecule has 2 aromatic carbocycles. The van der Waals surface area contributed by atoms with E-state index in [1.54, 1.807) is 0 Å². The maximum atomic E-state index is 13.5. The summed E-state index contributed by atoms with van der Waals surface area (Å²) in [4.78, 5) is 10.9. The van der Waals surface area contributed by atoms with Crippen LogP contribution in [0.4, 0.5) is 8.78 Å². The first kappa shape index (κ1) is 15.9. The first-order valence-electron chi connectivity index (χ1n) is 5.67. The zero-order valence-electron chi connectivity index (χ0n) is 10.4. The fraction of sp³-hybridized carbons (Fsp3) is 0.0714. The van der Waals surface area contributed by atoms with Gasteiger partial charge in [-0.1, -0.05) is 0 Å². The van der Waals surface area contributed by atoms with Gasteiger partial charge in [0.25, 0.3) is 0 Å². The van der Waals surface area contributed by atoms with Crippen LogP contribution >= 0.6 is 31.9 Å². The maximum Gasteiger partial charge on any atom is 0.335 e. The largest absolute Gasteiger partial charge is 0.486 e. The Morgan fingerprint density at radius 2 is 1.76 bits per heavy atom. The molecule has 0 aliphatic heterocycles. The van der Waals surface area contributed by atoms with Crippen molar-refractivity contribution in [2.45, 2.75) is 6.61 Å². The Hall–Kier alpha value is -1.47. The lowest BCUT2D eigenvalue weighted by atomic mass is 10.2. The van der Waals surface area contributed by atoms with Crippen LogP contribution in [0.3, 0.4) is 0 Å². The SMILES string of the molecule is O=C(O)c1cc(Br)c(OCc2ccc(F)cc2F)c(Br)c1. The predicted molar refractivity (Wildman–Crippen MR) is 79.5 cm³/mol. The van der Waals surface area contributed by atoms with Crippen molar-refractivity contribution >= 4 is 37.8 Å². The average Bonchev–Trinajstić information content (AvgIpc) is 2.39. The van der Waals surface area contributed by atoms with Crippen LogP contribution in [0.1, 0.15) is 15.9 Å². The Balaban J connectivity index is 2.22. The van der Waals surface area contributed by atoms with Crippen molar-refractivity contribution in [3.8, 4) is 5.75 Å². The number of rotatable bonds is 4. The Bertz CT molecular complexity index is 682. The van der Waals surface area contributed by atoms with Gasteiger partial charge in [0.15, 0.2) is 0 Å². The first-order valence-corrected chi connectivity index (χ1v) is 7.26. The van der Waals surface area contributed by atoms with E-state index in [9.17, 15) is 13.6 Å². The van der Waals surface area contributed by atoms with E-state index in [0.717, 1.165) is 12.1 Å². The summed E-state index contributed by atoms with van der Waals surface area (Å²) in [5.74, 6) is -2.11. The van der Waals surface area contributed by atoms with Gasteiger partial charge in [0, 0.05) is 11.6 Å². The Morgan fingerprint density at radius 1 is 1.14 bits per heavy atom. The summed E-state index contributed by atoms with van der Waals surface area (Å²) >= 11 is 6.40. The van der Waals surface area contributed by atoms with Gasteiger partial charge >= 0.3 is 5.97 Å². The van der Waals surface area contributed by atoms with Crippen LogP contribution in [-0.2, 0) is 6.61 Å². The first-order chi connectivity index (χ1) is 9.88. The van der Waals surface area contributed by atoms with E-state index in [1.165, 1.54) is 18.2 Å². The van der Waals surface area contributed by atoms with Gasteiger partial charge in [0.2, 0.25) is 0 Å². The van der Waals surface area contributed by atoms with Crippen molar-refractivity contribution in [2.24, 2.45) is 0 Å². The standard InChI is InChI=1S/C14H8Br2F2O3/c15-10-3-8(14(19)20)4-11(16)13(10)21-6-7-1-2-9(17)5-12(7)18/h1-5H,6H2,(H,19,20). The van der Waals surface area contributed by atoms with Crippen LogP contribution in [0, 0.1) is 11.6 Å². The summed E-state index contributed by atoms with van der Waals surface area (Å²) in [5.41, 5.74) is 0.270. The molecule has 21 heavy (non-hydrogen) atoms. The van der Waals surface area contributed by atoms with E-state index in [0.29, 0.717) is 14.7 Å². The topological polar surface area (TPSA) is 46.5 Å². The fourth-order valence-electron chi connectivity index (χ4n) is 1.61. The lowest BCUT2D eigenvalue weighted by Crippen LogP contribution is -2.02. The van der Waals surface area contributed by atoms with Gasteiger partial charge in [-0.05, 0) is 56.1 Å². The zero-order valence-corrected chi connectivity index (χ0v) is 13.5. The monoisotopic (exact) mass is 420 g/mol. The number of carboxylic acids is 1. The summed E-state index contributed by atoms with van der Waals surface area (Å²) in [5, 5.41) is 8.93. The summed E-state index contributed by atoms with van der Waals surface area (Å²) in [6, 6.07) is 5.96. The molecule has 0 aromatic heterocycles. The second-order valence-electron chi connectivity index (χ2n) is 4.10. The number of carbonyl (C=O) groups is 1. The number of halogens is 4. The summed E-state index contributed by atoms with van der Waals surface area (Å²) in [6.07, 6.45) is 0. The van der Waals surface area contributed by atoms with Gasteiger partial charge in [0.05, 0.1) is 14.5 Å². The molecular weight excluding hydrogens is 414 g/mol. The third-order valence-corrected chi connectivity index (χ3v) is 3.81. The van der Waals surface area contributed by atoms with Crippen LogP contribution < -0.4 is 4.74 Å². The molecule has 0 heterocycles. The molecule has 3 nitrogen and oxygen atoms in total. The summed E-state index contributed by atoms with van der Waals surface area (Å²) in [7, 11) is 0. The highest BCUT2D eigenvalue weighted by molar-refractivity contribution is 9.11. The molecular formula is C14H8Br2F2O3. The van der Waals surface area contributed by atoms with Gasteiger partial charge < -0.3 is 9.84 Å². The van der Waals surface area contributed by atoms with Crippen LogP contribution in [0.15, 0.2) is 39.3 Å². The predicted octanol–water partition coefficient (Wildman–Crippen LogP) is 4.77. The van der Waals surface area contributed by atoms with E-state index < -0.39 is 17.6 Å². The zero-order chi connectivity index (χ0) is 15.6. The van der Waals surface area contributed by atoms with Crippen LogP contribution in [-0.4, -0.2) is 11.1 Å². The number of ether oxygens (including phenoxy) is 1. The second kappa shape index (κ2) is 6.53. The van der Waals surface area contributed by atoms with Gasteiger partial charge in [-0.2, -0.15) is 0 Å². The maximum absolute atomic E-state index is 13.5. The van der Waals surface area contributed by atoms with Gasteiger partial charge in [0.1, 0.15) is 24.0 Å². The Morgan fingerprint density at radius 3 is 2.29 bits per heavy atom. The Labute approximate surface area is 135 Å². The van der Waals surface area contributed by atoms with E-state index in [-0.39, 0.29) is 17.7 Å². The average molecular weight is 422 g/mol. The number of aromatic carboxylic acids is 1.